The number of hydrogen-bond acceptors (Lipinski definition) is 7. The third-order valence-electron chi connectivity index (χ3n) is 6.83. The molecule has 1 N–H and O–H groups in total. The second-order valence-corrected chi connectivity index (χ2v) is 8.82. The number of piperidine rings is 2. The molecule has 3 fully saturated rings. The van der Waals surface area contributed by atoms with Crippen molar-refractivity contribution in [2.24, 2.45) is 5.41 Å². The molecular formula is C22H27N3O5. The SMILES string of the molecule is O=C(c1nc2ccccc2o1)N1CCC2(CC1)CC(CN1CCC(O)CC1)OC2=O. The van der Waals surface area contributed by atoms with Gasteiger partial charge in [0.25, 0.3) is 5.89 Å². The Kier molecular flexibility index (Phi) is 4.99. The van der Waals surface area contributed by atoms with Crippen LogP contribution in [-0.2, 0) is 9.53 Å². The van der Waals surface area contributed by atoms with E-state index in [2.05, 4.69) is 9.88 Å². The van der Waals surface area contributed by atoms with Crippen molar-refractivity contribution < 1.29 is 23.8 Å². The first kappa shape index (κ1) is 19.5. The normalized spacial score (nSPS) is 25.2. The maximum Gasteiger partial charge on any atom is 0.312 e. The highest BCUT2D eigenvalue weighted by atomic mass is 16.6. The molecule has 1 aromatic carbocycles. The van der Waals surface area contributed by atoms with Crippen molar-refractivity contribution in [3.8, 4) is 0 Å². The topological polar surface area (TPSA) is 96.1 Å². The smallest absolute Gasteiger partial charge is 0.312 e. The lowest BCUT2D eigenvalue weighted by molar-refractivity contribution is -0.151. The summed E-state index contributed by atoms with van der Waals surface area (Å²) in [4.78, 5) is 33.8. The number of aromatic nitrogens is 1. The molecule has 2 aromatic rings. The van der Waals surface area contributed by atoms with E-state index in [0.717, 1.165) is 32.5 Å². The second kappa shape index (κ2) is 7.67. The number of aliphatic hydroxyl groups is 1. The quantitative estimate of drug-likeness (QED) is 0.767. The largest absolute Gasteiger partial charge is 0.461 e. The number of carbonyl (C=O) groups excluding carboxylic acids is 2. The van der Waals surface area contributed by atoms with Crippen LogP contribution >= 0.6 is 0 Å². The Morgan fingerprint density at radius 2 is 1.90 bits per heavy atom. The summed E-state index contributed by atoms with van der Waals surface area (Å²) in [6.45, 7) is 3.40. The van der Waals surface area contributed by atoms with E-state index >= 15 is 0 Å². The highest BCUT2D eigenvalue weighted by molar-refractivity contribution is 5.92. The van der Waals surface area contributed by atoms with Crippen LogP contribution in [-0.4, -0.2) is 76.7 Å². The molecule has 3 saturated heterocycles. The number of fused-ring (bicyclic) bond motifs is 1. The van der Waals surface area contributed by atoms with E-state index in [9.17, 15) is 14.7 Å². The van der Waals surface area contributed by atoms with E-state index in [1.807, 2.05) is 18.2 Å². The van der Waals surface area contributed by atoms with Crippen molar-refractivity contribution in [1.82, 2.24) is 14.8 Å². The van der Waals surface area contributed by atoms with Gasteiger partial charge in [0, 0.05) is 39.1 Å². The standard InChI is InChI=1S/C22H27N3O5/c26-15-5-9-24(10-6-15)14-16-13-22(21(28)29-16)7-11-25(12-8-22)20(27)19-23-17-3-1-2-4-18(17)30-19/h1-4,15-16,26H,5-14H2. The minimum absolute atomic E-state index is 0.103. The average molecular weight is 413 g/mol. The monoisotopic (exact) mass is 413 g/mol. The van der Waals surface area contributed by atoms with E-state index in [4.69, 9.17) is 9.15 Å². The third-order valence-corrected chi connectivity index (χ3v) is 6.83. The highest BCUT2D eigenvalue weighted by Gasteiger charge is 2.51. The summed E-state index contributed by atoms with van der Waals surface area (Å²) < 4.78 is 11.3. The molecular weight excluding hydrogens is 386 g/mol. The number of esters is 1. The first-order chi connectivity index (χ1) is 14.5. The molecule has 3 aliphatic rings. The van der Waals surface area contributed by atoms with Crippen molar-refractivity contribution in [1.29, 1.82) is 0 Å². The fourth-order valence-corrected chi connectivity index (χ4v) is 4.97. The summed E-state index contributed by atoms with van der Waals surface area (Å²) in [6.07, 6.45) is 3.15. The second-order valence-electron chi connectivity index (χ2n) is 8.82. The minimum atomic E-state index is -0.488. The molecule has 0 radical (unpaired) electrons. The predicted octanol–water partition coefficient (Wildman–Crippen LogP) is 1.82. The maximum atomic E-state index is 12.8. The fraction of sp³-hybridized carbons (Fsp3) is 0.591. The summed E-state index contributed by atoms with van der Waals surface area (Å²) in [5, 5.41) is 9.67. The maximum absolute atomic E-state index is 12.8. The van der Waals surface area contributed by atoms with Crippen LogP contribution in [0.2, 0.25) is 0 Å². The molecule has 0 aliphatic carbocycles. The number of oxazole rings is 1. The van der Waals surface area contributed by atoms with E-state index in [1.54, 1.807) is 11.0 Å². The number of carbonyl (C=O) groups is 2. The molecule has 1 spiro atoms. The third kappa shape index (κ3) is 3.58. The van der Waals surface area contributed by atoms with Gasteiger partial charge in [-0.05, 0) is 37.8 Å². The Hall–Kier alpha value is -2.45. The minimum Gasteiger partial charge on any atom is -0.461 e. The van der Waals surface area contributed by atoms with Crippen LogP contribution < -0.4 is 0 Å². The number of benzene rings is 1. The lowest BCUT2D eigenvalue weighted by Gasteiger charge is -2.36. The Bertz CT molecular complexity index is 908. The molecule has 8 nitrogen and oxygen atoms in total. The lowest BCUT2D eigenvalue weighted by atomic mass is 9.76. The van der Waals surface area contributed by atoms with Crippen LogP contribution in [0.3, 0.4) is 0 Å². The number of amides is 1. The van der Waals surface area contributed by atoms with Gasteiger partial charge in [0.15, 0.2) is 5.58 Å². The number of aliphatic hydroxyl groups excluding tert-OH is 1. The number of rotatable bonds is 3. The molecule has 1 amide bonds. The van der Waals surface area contributed by atoms with Crippen LogP contribution in [0.5, 0.6) is 0 Å². The predicted molar refractivity (Wildman–Crippen MR) is 108 cm³/mol. The molecule has 0 saturated carbocycles. The van der Waals surface area contributed by atoms with Gasteiger partial charge in [-0.25, -0.2) is 4.98 Å². The first-order valence-electron chi connectivity index (χ1n) is 10.8. The molecule has 160 valence electrons. The van der Waals surface area contributed by atoms with Gasteiger partial charge in [0.2, 0.25) is 0 Å². The van der Waals surface area contributed by atoms with E-state index < -0.39 is 5.41 Å². The van der Waals surface area contributed by atoms with Crippen molar-refractivity contribution in [3.05, 3.63) is 30.2 Å². The molecule has 4 heterocycles. The van der Waals surface area contributed by atoms with Crippen LogP contribution in [0, 0.1) is 5.41 Å². The van der Waals surface area contributed by atoms with Gasteiger partial charge >= 0.3 is 11.9 Å². The summed E-state index contributed by atoms with van der Waals surface area (Å²) in [5.41, 5.74) is 0.779. The Morgan fingerprint density at radius 1 is 1.17 bits per heavy atom. The number of para-hydroxylation sites is 2. The first-order valence-corrected chi connectivity index (χ1v) is 10.8. The van der Waals surface area contributed by atoms with Gasteiger partial charge in [-0.3, -0.25) is 14.5 Å². The Balaban J connectivity index is 1.19. The number of nitrogens with zero attached hydrogens (tertiary/aromatic N) is 3. The summed E-state index contributed by atoms with van der Waals surface area (Å²) in [5.74, 6) is -0.249. The Morgan fingerprint density at radius 3 is 2.63 bits per heavy atom. The molecule has 1 atom stereocenters. The Labute approximate surface area is 174 Å². The highest BCUT2D eigenvalue weighted by Crippen LogP contribution is 2.43. The number of cyclic esters (lactones) is 1. The molecule has 5 rings (SSSR count). The molecule has 3 aliphatic heterocycles. The zero-order chi connectivity index (χ0) is 20.7. The molecule has 1 aromatic heterocycles. The summed E-state index contributed by atoms with van der Waals surface area (Å²) in [7, 11) is 0. The lowest BCUT2D eigenvalue weighted by Crippen LogP contribution is -2.45. The fourth-order valence-electron chi connectivity index (χ4n) is 4.97. The van der Waals surface area contributed by atoms with Crippen LogP contribution in [0.15, 0.2) is 28.7 Å². The molecule has 8 heteroatoms. The van der Waals surface area contributed by atoms with Crippen molar-refractivity contribution in [2.75, 3.05) is 32.7 Å². The van der Waals surface area contributed by atoms with Crippen molar-refractivity contribution in [3.63, 3.8) is 0 Å². The van der Waals surface area contributed by atoms with E-state index in [-0.39, 0.29) is 30.0 Å². The molecule has 30 heavy (non-hydrogen) atoms. The van der Waals surface area contributed by atoms with E-state index in [0.29, 0.717) is 43.5 Å². The van der Waals surface area contributed by atoms with Gasteiger partial charge < -0.3 is 19.2 Å². The number of ether oxygens (including phenoxy) is 1. The number of likely N-dealkylation sites (tertiary alicyclic amines) is 2. The molecule has 0 bridgehead atoms. The van der Waals surface area contributed by atoms with Gasteiger partial charge in [-0.15, -0.1) is 0 Å². The van der Waals surface area contributed by atoms with Gasteiger partial charge in [-0.2, -0.15) is 0 Å². The summed E-state index contributed by atoms with van der Waals surface area (Å²) >= 11 is 0. The van der Waals surface area contributed by atoms with E-state index in [1.165, 1.54) is 0 Å². The van der Waals surface area contributed by atoms with Gasteiger partial charge in [-0.1, -0.05) is 12.1 Å². The summed E-state index contributed by atoms with van der Waals surface area (Å²) in [6, 6.07) is 7.32. The van der Waals surface area contributed by atoms with Crippen molar-refractivity contribution in [2.45, 2.75) is 44.3 Å². The zero-order valence-corrected chi connectivity index (χ0v) is 17.0. The number of hydrogen-bond donors (Lipinski definition) is 1. The van der Waals surface area contributed by atoms with Gasteiger partial charge in [0.05, 0.1) is 11.5 Å². The van der Waals surface area contributed by atoms with Crippen LogP contribution in [0.25, 0.3) is 11.1 Å². The molecule has 1 unspecified atom stereocenters. The van der Waals surface area contributed by atoms with Crippen LogP contribution in [0.1, 0.15) is 42.8 Å². The van der Waals surface area contributed by atoms with Crippen LogP contribution in [0.4, 0.5) is 0 Å². The average Bonchev–Trinajstić information content (AvgIpc) is 3.31. The van der Waals surface area contributed by atoms with Gasteiger partial charge in [0.1, 0.15) is 11.6 Å². The zero-order valence-electron chi connectivity index (χ0n) is 17.0. The van der Waals surface area contributed by atoms with Crippen molar-refractivity contribution >= 4 is 23.0 Å².